The van der Waals surface area contributed by atoms with Crippen molar-refractivity contribution in [2.45, 2.75) is 25.9 Å². The first-order valence-electron chi connectivity index (χ1n) is 2.86. The van der Waals surface area contributed by atoms with E-state index in [1.165, 1.54) is 0 Å². The normalized spacial score (nSPS) is 24.1. The standard InChI is InChI=1S/C6H9O2.Y/c1-2-5-3-4-6(7)8-5;/h4-5H,2-3H2,1H3;/q-1;/t5-;/m1./s1. The zero-order chi connectivity index (χ0) is 5.98. The van der Waals surface area contributed by atoms with Crippen molar-refractivity contribution >= 4 is 5.97 Å². The summed E-state index contributed by atoms with van der Waals surface area (Å²) < 4.78 is 4.82. The molecule has 2 nitrogen and oxygen atoms in total. The monoisotopic (exact) mass is 202 g/mol. The molecule has 0 spiro atoms. The van der Waals surface area contributed by atoms with Gasteiger partial charge < -0.3 is 4.74 Å². The van der Waals surface area contributed by atoms with Crippen molar-refractivity contribution in [1.29, 1.82) is 0 Å². The molecule has 9 heavy (non-hydrogen) atoms. The fourth-order valence-corrected chi connectivity index (χ4v) is 0.738. The summed E-state index contributed by atoms with van der Waals surface area (Å²) in [5.74, 6) is -0.156. The van der Waals surface area contributed by atoms with E-state index in [4.69, 9.17) is 4.74 Å². The minimum Gasteiger partial charge on any atom is -0.487 e. The van der Waals surface area contributed by atoms with Crippen LogP contribution in [0.4, 0.5) is 0 Å². The molecule has 0 aromatic heterocycles. The van der Waals surface area contributed by atoms with Gasteiger partial charge in [0.2, 0.25) is 0 Å². The molecule has 0 bridgehead atoms. The van der Waals surface area contributed by atoms with Crippen LogP contribution in [0.25, 0.3) is 0 Å². The second kappa shape index (κ2) is 4.29. The number of hydrogen-bond donors (Lipinski definition) is 0. The molecule has 0 unspecified atom stereocenters. The third kappa shape index (κ3) is 2.68. The summed E-state index contributed by atoms with van der Waals surface area (Å²) in [6.45, 7) is 2.01. The fourth-order valence-electron chi connectivity index (χ4n) is 0.738. The summed E-state index contributed by atoms with van der Waals surface area (Å²) in [6.07, 6.45) is 3.49. The van der Waals surface area contributed by atoms with Crippen LogP contribution >= 0.6 is 0 Å². The van der Waals surface area contributed by atoms with E-state index in [-0.39, 0.29) is 44.8 Å². The van der Waals surface area contributed by atoms with Crippen molar-refractivity contribution in [3.05, 3.63) is 6.42 Å². The maximum atomic E-state index is 10.3. The molecule has 0 saturated carbocycles. The van der Waals surface area contributed by atoms with E-state index in [9.17, 15) is 4.79 Å². The third-order valence-electron chi connectivity index (χ3n) is 1.29. The maximum absolute atomic E-state index is 10.3. The zero-order valence-corrected chi connectivity index (χ0v) is 8.30. The van der Waals surface area contributed by atoms with Crippen molar-refractivity contribution in [3.8, 4) is 0 Å². The Balaban J connectivity index is 0.000000640. The van der Waals surface area contributed by atoms with Gasteiger partial charge in [-0.05, 0) is 6.42 Å². The molecule has 1 rings (SSSR count). The molecule has 1 aliphatic heterocycles. The Hall–Kier alpha value is 0.444. The van der Waals surface area contributed by atoms with E-state index >= 15 is 0 Å². The molecule has 0 aliphatic carbocycles. The predicted molar refractivity (Wildman–Crippen MR) is 29.1 cm³/mol. The topological polar surface area (TPSA) is 26.3 Å². The first-order valence-corrected chi connectivity index (χ1v) is 2.86. The van der Waals surface area contributed by atoms with Crippen LogP contribution in [0.5, 0.6) is 0 Å². The molecule has 1 saturated heterocycles. The minimum atomic E-state index is -0.156. The Morgan fingerprint density at radius 2 is 2.56 bits per heavy atom. The molecule has 49 valence electrons. The number of ether oxygens (including phenoxy) is 1. The van der Waals surface area contributed by atoms with Gasteiger partial charge in [-0.1, -0.05) is 6.92 Å². The maximum Gasteiger partial charge on any atom is 0.167 e. The Labute approximate surface area is 80.2 Å². The van der Waals surface area contributed by atoms with Gasteiger partial charge in [-0.25, -0.2) is 0 Å². The number of cyclic esters (lactones) is 1. The van der Waals surface area contributed by atoms with Crippen LogP contribution in [0.1, 0.15) is 19.8 Å². The number of rotatable bonds is 1. The van der Waals surface area contributed by atoms with Crippen LogP contribution in [-0.4, -0.2) is 12.1 Å². The third-order valence-corrected chi connectivity index (χ3v) is 1.29. The van der Waals surface area contributed by atoms with Crippen molar-refractivity contribution in [2.24, 2.45) is 0 Å². The number of esters is 1. The molecule has 1 fully saturated rings. The number of carbonyl (C=O) groups is 1. The van der Waals surface area contributed by atoms with Gasteiger partial charge in [-0.2, -0.15) is 0 Å². The summed E-state index contributed by atoms with van der Waals surface area (Å²) in [6, 6.07) is 0. The van der Waals surface area contributed by atoms with Crippen LogP contribution in [-0.2, 0) is 42.2 Å². The van der Waals surface area contributed by atoms with Crippen LogP contribution in [0, 0.1) is 6.42 Å². The van der Waals surface area contributed by atoms with Crippen molar-refractivity contribution in [2.75, 3.05) is 0 Å². The van der Waals surface area contributed by atoms with Gasteiger partial charge in [0.05, 0.1) is 6.10 Å². The summed E-state index contributed by atoms with van der Waals surface area (Å²) in [5.41, 5.74) is 0. The molecule has 0 aromatic rings. The van der Waals surface area contributed by atoms with Crippen LogP contribution in [0.2, 0.25) is 0 Å². The van der Waals surface area contributed by atoms with Crippen LogP contribution < -0.4 is 0 Å². The van der Waals surface area contributed by atoms with Gasteiger partial charge in [-0.3, -0.25) is 11.2 Å². The molecule has 1 atom stereocenters. The van der Waals surface area contributed by atoms with Crippen molar-refractivity contribution in [1.82, 2.24) is 0 Å². The number of carbonyl (C=O) groups excluding carboxylic acids is 1. The summed E-state index contributed by atoms with van der Waals surface area (Å²) in [5, 5.41) is 0. The molecule has 1 heterocycles. The summed E-state index contributed by atoms with van der Waals surface area (Å²) in [7, 11) is 0. The molecule has 1 aliphatic rings. The van der Waals surface area contributed by atoms with Crippen molar-refractivity contribution in [3.63, 3.8) is 0 Å². The Kier molecular flexibility index (Phi) is 4.50. The van der Waals surface area contributed by atoms with E-state index in [1.54, 1.807) is 6.42 Å². The Bertz CT molecular complexity index is 103. The molecule has 0 N–H and O–H groups in total. The largest absolute Gasteiger partial charge is 0.487 e. The van der Waals surface area contributed by atoms with E-state index in [2.05, 4.69) is 0 Å². The summed E-state index contributed by atoms with van der Waals surface area (Å²) >= 11 is 0. The fraction of sp³-hybridized carbons (Fsp3) is 0.667. The smallest absolute Gasteiger partial charge is 0.167 e. The molecule has 0 amide bonds. The van der Waals surface area contributed by atoms with Crippen LogP contribution in [0.3, 0.4) is 0 Å². The van der Waals surface area contributed by atoms with Gasteiger partial charge in [0.25, 0.3) is 0 Å². The van der Waals surface area contributed by atoms with Gasteiger partial charge in [0.1, 0.15) is 0 Å². The van der Waals surface area contributed by atoms with Gasteiger partial charge >= 0.3 is 0 Å². The zero-order valence-electron chi connectivity index (χ0n) is 5.46. The van der Waals surface area contributed by atoms with E-state index in [0.717, 1.165) is 12.8 Å². The van der Waals surface area contributed by atoms with Gasteiger partial charge in [0, 0.05) is 32.7 Å². The Morgan fingerprint density at radius 1 is 1.89 bits per heavy atom. The van der Waals surface area contributed by atoms with E-state index in [0.29, 0.717) is 0 Å². The molecule has 1 radical (unpaired) electrons. The average molecular weight is 202 g/mol. The second-order valence-electron chi connectivity index (χ2n) is 1.91. The molecular weight excluding hydrogens is 193 g/mol. The first-order chi connectivity index (χ1) is 3.83. The van der Waals surface area contributed by atoms with Crippen molar-refractivity contribution < 1.29 is 42.2 Å². The minimum absolute atomic E-state index is 0. The average Bonchev–Trinajstić information content (AvgIpc) is 2.14. The quantitative estimate of drug-likeness (QED) is 0.466. The van der Waals surface area contributed by atoms with E-state index < -0.39 is 0 Å². The molecule has 3 heteroatoms. The van der Waals surface area contributed by atoms with Crippen LogP contribution in [0.15, 0.2) is 0 Å². The SMILES string of the molecule is CC[C@@H]1C[CH-]C(=O)O1.[Y]. The Morgan fingerprint density at radius 3 is 2.78 bits per heavy atom. The van der Waals surface area contributed by atoms with Gasteiger partial charge in [-0.15, -0.1) is 6.42 Å². The first kappa shape index (κ1) is 9.44. The molecule has 0 aromatic carbocycles. The van der Waals surface area contributed by atoms with Gasteiger partial charge in [0.15, 0.2) is 5.97 Å². The van der Waals surface area contributed by atoms with E-state index in [1.807, 2.05) is 6.92 Å². The molecular formula is C6H9O2Y-. The predicted octanol–water partition coefficient (Wildman–Crippen LogP) is 0.914. The summed E-state index contributed by atoms with van der Waals surface area (Å²) in [4.78, 5) is 10.3. The number of hydrogen-bond acceptors (Lipinski definition) is 2. The second-order valence-corrected chi connectivity index (χ2v) is 1.91.